The third-order valence-electron chi connectivity index (χ3n) is 11.2. The molecule has 0 aromatic rings. The van der Waals surface area contributed by atoms with Crippen molar-refractivity contribution in [1.29, 1.82) is 0 Å². The predicted molar refractivity (Wildman–Crippen MR) is 258 cm³/mol. The number of primary amides is 1. The summed E-state index contributed by atoms with van der Waals surface area (Å²) < 4.78 is -1.25. The highest BCUT2D eigenvalue weighted by atomic mass is 32.1. The minimum absolute atomic E-state index is 0.0813. The zero-order chi connectivity index (χ0) is 52.8. The molecule has 1 aliphatic rings. The number of rotatable bonds is 29. The topological polar surface area (TPSA) is 381 Å². The van der Waals surface area contributed by atoms with Gasteiger partial charge in [0.15, 0.2) is 5.96 Å². The van der Waals surface area contributed by atoms with Gasteiger partial charge in [0.25, 0.3) is 0 Å². The summed E-state index contributed by atoms with van der Waals surface area (Å²) in [7, 11) is 1.41. The van der Waals surface area contributed by atoms with Gasteiger partial charge in [-0.15, -0.1) is 0 Å². The van der Waals surface area contributed by atoms with Crippen molar-refractivity contribution in [3.8, 4) is 0 Å². The highest BCUT2D eigenvalue weighted by Crippen LogP contribution is 2.21. The molecule has 0 spiro atoms. The molecule has 0 saturated carbocycles. The normalized spacial score (nSPS) is 15.9. The molecule has 0 aliphatic carbocycles. The average Bonchev–Trinajstić information content (AvgIpc) is 3.76. The zero-order valence-electron chi connectivity index (χ0n) is 41.3. The minimum Gasteiger partial charge on any atom is -0.370 e. The molecule has 25 nitrogen and oxygen atoms in total. The van der Waals surface area contributed by atoms with Crippen LogP contribution in [0.15, 0.2) is 4.99 Å². The Balaban J connectivity index is 3.22. The van der Waals surface area contributed by atoms with Crippen LogP contribution in [0.4, 0.5) is 0 Å². The van der Waals surface area contributed by atoms with E-state index in [9.17, 15) is 52.7 Å². The second-order valence-electron chi connectivity index (χ2n) is 17.8. The van der Waals surface area contributed by atoms with Crippen molar-refractivity contribution in [1.82, 2.24) is 52.3 Å². The number of nitrogens with two attached hydrogens (primary N) is 3. The van der Waals surface area contributed by atoms with Crippen LogP contribution < -0.4 is 59.7 Å². The van der Waals surface area contributed by atoms with E-state index < -0.39 is 119 Å². The Labute approximate surface area is 409 Å². The lowest BCUT2D eigenvalue weighted by Crippen LogP contribution is -2.61. The number of likely N-dealkylation sites (tertiary alicyclic amines) is 1. The van der Waals surface area contributed by atoms with E-state index in [1.54, 1.807) is 34.6 Å². The Morgan fingerprint density at radius 2 is 1.36 bits per heavy atom. The van der Waals surface area contributed by atoms with Crippen LogP contribution in [-0.4, -0.2) is 168 Å². The van der Waals surface area contributed by atoms with Crippen LogP contribution in [0.3, 0.4) is 0 Å². The second kappa shape index (κ2) is 29.6. The van der Waals surface area contributed by atoms with Gasteiger partial charge in [-0.2, -0.15) is 12.6 Å². The van der Waals surface area contributed by atoms with E-state index in [1.165, 1.54) is 32.7 Å². The number of hydrogen-bond acceptors (Lipinski definition) is 13. The second-order valence-corrected chi connectivity index (χ2v) is 19.0. The summed E-state index contributed by atoms with van der Waals surface area (Å²) in [5, 5.41) is 20.5. The molecule has 1 heterocycles. The molecule has 0 aromatic carbocycles. The molecule has 0 radical (unpaired) electrons. The molecule has 1 fully saturated rings. The Morgan fingerprint density at radius 3 is 1.91 bits per heavy atom. The van der Waals surface area contributed by atoms with Gasteiger partial charge in [-0.1, -0.05) is 34.1 Å². The van der Waals surface area contributed by atoms with Crippen molar-refractivity contribution in [3.05, 3.63) is 0 Å². The van der Waals surface area contributed by atoms with Crippen molar-refractivity contribution >= 4 is 83.6 Å². The van der Waals surface area contributed by atoms with Gasteiger partial charge in [0.2, 0.25) is 65.0 Å². The average molecular weight is 997 g/mol. The number of guanidine groups is 1. The molecule has 1 rings (SSSR count). The number of nitrogens with zero attached hydrogens (tertiary/aromatic N) is 3. The maximum atomic E-state index is 14.1. The van der Waals surface area contributed by atoms with Gasteiger partial charge in [-0.25, -0.2) is 0 Å². The summed E-state index contributed by atoms with van der Waals surface area (Å²) in [6, 6.07) is -7.18. The molecular formula is C43H76N14O11S. The van der Waals surface area contributed by atoms with Crippen molar-refractivity contribution in [3.63, 3.8) is 0 Å². The Morgan fingerprint density at radius 1 is 0.754 bits per heavy atom. The maximum Gasteiger partial charge on any atom is 0.245 e. The summed E-state index contributed by atoms with van der Waals surface area (Å²) in [5.41, 5.74) is 16.3. The monoisotopic (exact) mass is 997 g/mol. The SMILES string of the molecule is CCNC(=O)[C@@H]1CCCN1C(=O)[C@H](CCCN=C(N)N)NC(=O)[C@@H](NC(=O)[C@H](CCC(N)=O)NC(=O)CNC(=O)[C@H](NC(=O)[C@@H](NC(=O)CNC(=O)CN(C)C(C)=O)C(C)C)C(C)(C)S)[C@@H](C)CC. The van der Waals surface area contributed by atoms with Crippen molar-refractivity contribution in [2.45, 2.75) is 141 Å². The number of aliphatic imine (C=N–C) groups is 1. The largest absolute Gasteiger partial charge is 0.370 e. The van der Waals surface area contributed by atoms with Crippen LogP contribution in [0.25, 0.3) is 0 Å². The minimum atomic E-state index is -1.45. The Bertz CT molecular complexity index is 1870. The highest BCUT2D eigenvalue weighted by molar-refractivity contribution is 7.81. The van der Waals surface area contributed by atoms with E-state index in [1.807, 2.05) is 0 Å². The van der Waals surface area contributed by atoms with Gasteiger partial charge in [0, 0.05) is 44.8 Å². The molecule has 0 aromatic heterocycles. The summed E-state index contributed by atoms with van der Waals surface area (Å²) in [5.74, 6) is -8.67. The first kappa shape index (κ1) is 60.8. The number of hydrogen-bond donors (Lipinski definition) is 12. The van der Waals surface area contributed by atoms with Gasteiger partial charge >= 0.3 is 0 Å². The lowest BCUT2D eigenvalue weighted by molar-refractivity contribution is -0.142. The summed E-state index contributed by atoms with van der Waals surface area (Å²) >= 11 is 4.48. The van der Waals surface area contributed by atoms with Crippen LogP contribution in [0.5, 0.6) is 0 Å². The number of thiol groups is 1. The van der Waals surface area contributed by atoms with E-state index in [-0.39, 0.29) is 63.1 Å². The fraction of sp³-hybridized carbons (Fsp3) is 0.721. The third kappa shape index (κ3) is 21.7. The first-order chi connectivity index (χ1) is 32.1. The summed E-state index contributed by atoms with van der Waals surface area (Å²) in [4.78, 5) is 150. The van der Waals surface area contributed by atoms with Crippen LogP contribution in [0, 0.1) is 11.8 Å². The van der Waals surface area contributed by atoms with Crippen molar-refractivity contribution < 1.29 is 52.7 Å². The van der Waals surface area contributed by atoms with E-state index in [2.05, 4.69) is 60.2 Å². The first-order valence-electron chi connectivity index (χ1n) is 23.0. The first-order valence-corrected chi connectivity index (χ1v) is 23.5. The molecule has 1 saturated heterocycles. The molecule has 11 amide bonds. The predicted octanol–water partition coefficient (Wildman–Crippen LogP) is -4.02. The smallest absolute Gasteiger partial charge is 0.245 e. The van der Waals surface area contributed by atoms with E-state index in [0.717, 1.165) is 4.90 Å². The van der Waals surface area contributed by atoms with Crippen molar-refractivity contribution in [2.24, 2.45) is 34.0 Å². The number of likely N-dealkylation sites (N-methyl/N-ethyl adjacent to an activating group) is 2. The van der Waals surface area contributed by atoms with Crippen molar-refractivity contribution in [2.75, 3.05) is 46.3 Å². The highest BCUT2D eigenvalue weighted by Gasteiger charge is 2.40. The number of carbonyl (C=O) groups is 11. The zero-order valence-corrected chi connectivity index (χ0v) is 42.2. The maximum absolute atomic E-state index is 14.1. The van der Waals surface area contributed by atoms with Gasteiger partial charge in [0.05, 0.1) is 19.6 Å². The molecule has 0 bridgehead atoms. The number of carbonyl (C=O) groups excluding carboxylic acids is 11. The molecular weight excluding hydrogens is 921 g/mol. The fourth-order valence-electron chi connectivity index (χ4n) is 6.96. The van der Waals surface area contributed by atoms with Crippen LogP contribution in [0.1, 0.15) is 100 Å². The molecule has 1 aliphatic heterocycles. The Kier molecular flexibility index (Phi) is 26.1. The van der Waals surface area contributed by atoms with E-state index >= 15 is 0 Å². The molecule has 390 valence electrons. The summed E-state index contributed by atoms with van der Waals surface area (Å²) in [6.07, 6.45) is 1.06. The molecule has 69 heavy (non-hydrogen) atoms. The standard InChI is InChI=1S/C43H76N14O11S/c1-10-24(5)34(39(66)52-27(14-12-18-48-42(45)46)41(68)57-19-13-15-28(57)37(64)47-11-2)54-36(63)26(16-17-29(44)59)51-30(60)21-50-40(67)35(43(7,8)69)55-38(65)33(23(3)4)53-31(61)20-49-32(62)22-56(9)25(6)58/h23-24,26-28,33-35,69H,10-22H2,1-9H3,(H2,44,59)(H,47,64)(H,49,62)(H,50,67)(H,51,60)(H,52,66)(H,53,61)(H,54,63)(H,55,65)(H4,45,46,48)/t24-,26-,27-,28-,33-,34-,35-/m0/s1. The third-order valence-corrected chi connectivity index (χ3v) is 11.4. The van der Waals surface area contributed by atoms with Crippen LogP contribution in [0.2, 0.25) is 0 Å². The quantitative estimate of drug-likeness (QED) is 0.0147. The van der Waals surface area contributed by atoms with Crippen LogP contribution in [-0.2, 0) is 52.7 Å². The number of nitrogens with one attached hydrogen (secondary N) is 8. The lowest BCUT2D eigenvalue weighted by Gasteiger charge is -2.32. The Hall–Kier alpha value is -6.21. The van der Waals surface area contributed by atoms with E-state index in [0.29, 0.717) is 25.8 Å². The van der Waals surface area contributed by atoms with Gasteiger partial charge in [-0.3, -0.25) is 57.7 Å². The molecule has 26 heteroatoms. The lowest BCUT2D eigenvalue weighted by atomic mass is 9.96. The fourth-order valence-corrected chi connectivity index (χ4v) is 7.14. The van der Waals surface area contributed by atoms with Crippen LogP contribution >= 0.6 is 12.6 Å². The molecule has 0 unspecified atom stereocenters. The van der Waals surface area contributed by atoms with Gasteiger partial charge in [0.1, 0.15) is 36.3 Å². The van der Waals surface area contributed by atoms with E-state index in [4.69, 9.17) is 17.2 Å². The van der Waals surface area contributed by atoms with Gasteiger partial charge in [-0.05, 0) is 64.7 Å². The number of amides is 11. The molecule has 14 N–H and O–H groups in total. The van der Waals surface area contributed by atoms with Gasteiger partial charge < -0.3 is 69.5 Å². The summed E-state index contributed by atoms with van der Waals surface area (Å²) in [6.45, 7) is 12.0. The molecule has 7 atom stereocenters.